The van der Waals surface area contributed by atoms with Crippen LogP contribution in [0.4, 0.5) is 5.69 Å². The van der Waals surface area contributed by atoms with Crippen LogP contribution < -0.4 is 9.46 Å². The largest absolute Gasteiger partial charge is 0.495 e. The minimum absolute atomic E-state index is 0.274. The number of anilines is 1. The molecule has 1 aromatic carbocycles. The van der Waals surface area contributed by atoms with E-state index < -0.39 is 10.0 Å². The average molecular weight is 332 g/mol. The van der Waals surface area contributed by atoms with Crippen molar-refractivity contribution in [1.29, 1.82) is 0 Å². The molecule has 1 N–H and O–H groups in total. The van der Waals surface area contributed by atoms with E-state index in [2.05, 4.69) is 4.72 Å². The molecule has 20 heavy (non-hydrogen) atoms. The lowest BCUT2D eigenvalue weighted by molar-refractivity contribution is 0.417. The summed E-state index contributed by atoms with van der Waals surface area (Å²) in [5.74, 6) is 0.422. The quantitative estimate of drug-likeness (QED) is 0.907. The van der Waals surface area contributed by atoms with Crippen molar-refractivity contribution in [2.75, 3.05) is 11.8 Å². The Hall–Kier alpha value is -1.24. The minimum atomic E-state index is -3.62. The highest BCUT2D eigenvalue weighted by molar-refractivity contribution is 7.94. The van der Waals surface area contributed by atoms with Gasteiger partial charge in [-0.2, -0.15) is 0 Å². The molecule has 1 heterocycles. The zero-order valence-corrected chi connectivity index (χ0v) is 13.4. The molecule has 2 rings (SSSR count). The first-order chi connectivity index (χ1) is 9.46. The van der Waals surface area contributed by atoms with Crippen LogP contribution in [-0.4, -0.2) is 15.5 Å². The number of ether oxygens (including phenoxy) is 1. The molecule has 0 bridgehead atoms. The first-order valence-electron chi connectivity index (χ1n) is 5.91. The van der Waals surface area contributed by atoms with Crippen molar-refractivity contribution in [2.45, 2.75) is 17.6 Å². The summed E-state index contributed by atoms with van der Waals surface area (Å²) < 4.78 is 32.5. The topological polar surface area (TPSA) is 55.4 Å². The van der Waals surface area contributed by atoms with Gasteiger partial charge in [0.1, 0.15) is 9.96 Å². The Bertz CT molecular complexity index is 710. The second-order valence-electron chi connectivity index (χ2n) is 4.02. The number of aryl methyl sites for hydroxylation is 1. The Morgan fingerprint density at radius 3 is 2.65 bits per heavy atom. The summed E-state index contributed by atoms with van der Waals surface area (Å²) in [4.78, 5) is 1.02. The number of benzene rings is 1. The molecular weight excluding hydrogens is 318 g/mol. The van der Waals surface area contributed by atoms with E-state index in [1.165, 1.54) is 24.5 Å². The molecular formula is C13H14ClNO3S2. The number of nitrogens with one attached hydrogen (secondary N) is 1. The summed E-state index contributed by atoms with van der Waals surface area (Å²) in [5.41, 5.74) is 0.325. The van der Waals surface area contributed by atoms with Crippen LogP contribution in [0.1, 0.15) is 11.8 Å². The molecule has 0 spiro atoms. The Balaban J connectivity index is 2.35. The van der Waals surface area contributed by atoms with E-state index in [1.807, 2.05) is 13.0 Å². The van der Waals surface area contributed by atoms with E-state index in [4.69, 9.17) is 16.3 Å². The van der Waals surface area contributed by atoms with Crippen molar-refractivity contribution in [3.63, 3.8) is 0 Å². The number of sulfonamides is 1. The molecule has 0 fully saturated rings. The maximum atomic E-state index is 12.3. The number of thiophene rings is 1. The van der Waals surface area contributed by atoms with E-state index in [0.29, 0.717) is 16.5 Å². The highest BCUT2D eigenvalue weighted by Gasteiger charge is 2.18. The molecule has 0 aliphatic rings. The SMILES string of the molecule is CCc1ccc(S(=O)(=O)Nc2cc(Cl)ccc2OC)s1. The van der Waals surface area contributed by atoms with Gasteiger partial charge in [0.15, 0.2) is 0 Å². The molecule has 4 nitrogen and oxygen atoms in total. The zero-order valence-electron chi connectivity index (χ0n) is 11.0. The second kappa shape index (κ2) is 6.03. The van der Waals surface area contributed by atoms with Crippen molar-refractivity contribution >= 4 is 38.6 Å². The van der Waals surface area contributed by atoms with Crippen LogP contribution in [0.2, 0.25) is 5.02 Å². The third-order valence-electron chi connectivity index (χ3n) is 2.66. The standard InChI is InChI=1S/C13H14ClNO3S2/c1-3-10-5-7-13(19-10)20(16,17)15-11-8-9(14)4-6-12(11)18-2/h4-8,15H,3H2,1-2H3. The van der Waals surface area contributed by atoms with Gasteiger partial charge in [-0.15, -0.1) is 11.3 Å². The number of halogens is 1. The van der Waals surface area contributed by atoms with E-state index in [0.717, 1.165) is 11.3 Å². The van der Waals surface area contributed by atoms with Crippen LogP contribution in [0.3, 0.4) is 0 Å². The monoisotopic (exact) mass is 331 g/mol. The summed E-state index contributed by atoms with van der Waals surface area (Å²) in [6.07, 6.45) is 0.806. The molecule has 2 aromatic rings. The van der Waals surface area contributed by atoms with Gasteiger partial charge in [-0.05, 0) is 36.8 Å². The number of methoxy groups -OCH3 is 1. The predicted molar refractivity (Wildman–Crippen MR) is 82.5 cm³/mol. The number of rotatable bonds is 5. The molecule has 0 amide bonds. The van der Waals surface area contributed by atoms with Crippen LogP contribution in [0.15, 0.2) is 34.5 Å². The van der Waals surface area contributed by atoms with Crippen molar-refractivity contribution in [1.82, 2.24) is 0 Å². The predicted octanol–water partition coefficient (Wildman–Crippen LogP) is 3.77. The lowest BCUT2D eigenvalue weighted by atomic mass is 10.3. The normalized spacial score (nSPS) is 11.3. The summed E-state index contributed by atoms with van der Waals surface area (Å²) in [6, 6.07) is 8.19. The Morgan fingerprint density at radius 2 is 2.05 bits per heavy atom. The van der Waals surface area contributed by atoms with Crippen LogP contribution in [0, 0.1) is 0 Å². The highest BCUT2D eigenvalue weighted by atomic mass is 35.5. The van der Waals surface area contributed by atoms with Crippen LogP contribution >= 0.6 is 22.9 Å². The van der Waals surface area contributed by atoms with E-state index in [-0.39, 0.29) is 4.21 Å². The fourth-order valence-corrected chi connectivity index (χ4v) is 4.18. The second-order valence-corrected chi connectivity index (χ2v) is 7.54. The van der Waals surface area contributed by atoms with Gasteiger partial charge in [-0.25, -0.2) is 8.42 Å². The van der Waals surface area contributed by atoms with Gasteiger partial charge < -0.3 is 4.74 Å². The van der Waals surface area contributed by atoms with Gasteiger partial charge in [-0.1, -0.05) is 18.5 Å². The molecule has 0 unspecified atom stereocenters. The van der Waals surface area contributed by atoms with Crippen LogP contribution in [0.25, 0.3) is 0 Å². The number of hydrogen-bond acceptors (Lipinski definition) is 4. The van der Waals surface area contributed by atoms with Crippen molar-refractivity contribution in [3.05, 3.63) is 40.2 Å². The molecule has 7 heteroatoms. The van der Waals surface area contributed by atoms with Crippen LogP contribution in [0.5, 0.6) is 5.75 Å². The molecule has 1 aromatic heterocycles. The van der Waals surface area contributed by atoms with Gasteiger partial charge in [-0.3, -0.25) is 4.72 Å². The fourth-order valence-electron chi connectivity index (χ4n) is 1.65. The Labute approximate surface area is 127 Å². The highest BCUT2D eigenvalue weighted by Crippen LogP contribution is 2.31. The van der Waals surface area contributed by atoms with Crippen molar-refractivity contribution in [3.8, 4) is 5.75 Å². The molecule has 0 radical (unpaired) electrons. The molecule has 0 aliphatic carbocycles. The third kappa shape index (κ3) is 3.26. The van der Waals surface area contributed by atoms with Gasteiger partial charge in [0.2, 0.25) is 0 Å². The fraction of sp³-hybridized carbons (Fsp3) is 0.231. The van der Waals surface area contributed by atoms with Crippen molar-refractivity contribution < 1.29 is 13.2 Å². The Morgan fingerprint density at radius 1 is 1.30 bits per heavy atom. The average Bonchev–Trinajstić information content (AvgIpc) is 2.88. The molecule has 108 valence electrons. The smallest absolute Gasteiger partial charge is 0.271 e. The molecule has 0 saturated carbocycles. The zero-order chi connectivity index (χ0) is 14.8. The molecule has 0 saturated heterocycles. The van der Waals surface area contributed by atoms with E-state index in [1.54, 1.807) is 18.2 Å². The van der Waals surface area contributed by atoms with E-state index >= 15 is 0 Å². The van der Waals surface area contributed by atoms with Gasteiger partial charge in [0, 0.05) is 9.90 Å². The summed E-state index contributed by atoms with van der Waals surface area (Å²) in [5, 5.41) is 0.434. The third-order valence-corrected chi connectivity index (χ3v) is 5.98. The maximum absolute atomic E-state index is 12.3. The number of hydrogen-bond donors (Lipinski definition) is 1. The molecule has 0 atom stereocenters. The van der Waals surface area contributed by atoms with Gasteiger partial charge in [0.25, 0.3) is 10.0 Å². The van der Waals surface area contributed by atoms with Gasteiger partial charge in [0.05, 0.1) is 12.8 Å². The summed E-state index contributed by atoms with van der Waals surface area (Å²) in [7, 11) is -2.15. The maximum Gasteiger partial charge on any atom is 0.271 e. The first kappa shape index (κ1) is 15.2. The summed E-state index contributed by atoms with van der Waals surface area (Å²) in [6.45, 7) is 1.98. The van der Waals surface area contributed by atoms with Crippen LogP contribution in [-0.2, 0) is 16.4 Å². The minimum Gasteiger partial charge on any atom is -0.495 e. The Kier molecular flexibility index (Phi) is 4.57. The van der Waals surface area contributed by atoms with Crippen molar-refractivity contribution in [2.24, 2.45) is 0 Å². The summed E-state index contributed by atoms with van der Waals surface area (Å²) >= 11 is 7.14. The van der Waals surface area contributed by atoms with E-state index in [9.17, 15) is 8.42 Å². The lowest BCUT2D eigenvalue weighted by Gasteiger charge is -2.11. The first-order valence-corrected chi connectivity index (χ1v) is 8.59. The van der Waals surface area contributed by atoms with Gasteiger partial charge >= 0.3 is 0 Å². The molecule has 0 aliphatic heterocycles. The lowest BCUT2D eigenvalue weighted by Crippen LogP contribution is -2.12.